The molecule has 0 amide bonds. The molecule has 10 heavy (non-hydrogen) atoms. The van der Waals surface area contributed by atoms with Gasteiger partial charge in [-0.1, -0.05) is 0 Å². The zero-order valence-corrected chi connectivity index (χ0v) is 6.18. The van der Waals surface area contributed by atoms with Gasteiger partial charge >= 0.3 is 0 Å². The van der Waals surface area contributed by atoms with Crippen LogP contribution in [0.4, 0.5) is 5.69 Å². The molecule has 0 spiro atoms. The number of hydrogen-bond acceptors (Lipinski definition) is 2. The smallest absolute Gasteiger partial charge is 0.0797 e. The Morgan fingerprint density at radius 2 is 2.50 bits per heavy atom. The third kappa shape index (κ3) is 1.18. The van der Waals surface area contributed by atoms with Crippen LogP contribution in [0.3, 0.4) is 0 Å². The van der Waals surface area contributed by atoms with Crippen molar-refractivity contribution in [2.75, 3.05) is 19.4 Å². The van der Waals surface area contributed by atoms with E-state index in [2.05, 4.69) is 15.3 Å². The minimum atomic E-state index is 1.02. The summed E-state index contributed by atoms with van der Waals surface area (Å²) in [4.78, 5) is 6.94. The van der Waals surface area contributed by atoms with Crippen molar-refractivity contribution in [2.24, 2.45) is 4.99 Å². The van der Waals surface area contributed by atoms with Gasteiger partial charge in [-0.3, -0.25) is 4.99 Å². The van der Waals surface area contributed by atoms with Crippen LogP contribution in [0.15, 0.2) is 17.3 Å². The number of aromatic amines is 1. The van der Waals surface area contributed by atoms with E-state index in [1.54, 1.807) is 13.3 Å². The van der Waals surface area contributed by atoms with Crippen molar-refractivity contribution in [2.45, 2.75) is 0 Å². The number of aliphatic imine (C=N–C) groups is 1. The maximum absolute atomic E-state index is 3.89. The molecule has 3 nitrogen and oxygen atoms in total. The molecule has 0 atom stereocenters. The molecule has 2 N–H and O–H groups in total. The predicted molar refractivity (Wildman–Crippen MR) is 43.9 cm³/mol. The van der Waals surface area contributed by atoms with Gasteiger partial charge in [0.15, 0.2) is 0 Å². The highest BCUT2D eigenvalue weighted by atomic mass is 14.9. The Morgan fingerprint density at radius 1 is 1.70 bits per heavy atom. The fourth-order valence-corrected chi connectivity index (χ4v) is 0.836. The number of rotatable bonds is 2. The standard InChI is InChI=1S/C7H11N3/c1-8-5-7-6(9-2)3-4-10-7/h3-5,9-10H,1-2H3. The molecule has 0 fully saturated rings. The van der Waals surface area contributed by atoms with E-state index in [9.17, 15) is 0 Å². The molecule has 54 valence electrons. The maximum atomic E-state index is 3.89. The predicted octanol–water partition coefficient (Wildman–Crippen LogP) is 1.11. The van der Waals surface area contributed by atoms with Crippen LogP contribution in [0, 0.1) is 0 Å². The summed E-state index contributed by atoms with van der Waals surface area (Å²) in [5.41, 5.74) is 2.09. The molecule has 1 aromatic heterocycles. The van der Waals surface area contributed by atoms with E-state index in [0.29, 0.717) is 0 Å². The van der Waals surface area contributed by atoms with Gasteiger partial charge in [-0.2, -0.15) is 0 Å². The zero-order chi connectivity index (χ0) is 7.40. The Labute approximate surface area is 60.2 Å². The molecule has 0 bridgehead atoms. The summed E-state index contributed by atoms with van der Waals surface area (Å²) in [6.07, 6.45) is 3.66. The molecular weight excluding hydrogens is 126 g/mol. The lowest BCUT2D eigenvalue weighted by Gasteiger charge is -1.94. The second kappa shape index (κ2) is 3.06. The Hall–Kier alpha value is -1.25. The van der Waals surface area contributed by atoms with E-state index < -0.39 is 0 Å². The molecule has 1 rings (SSSR count). The number of nitrogens with one attached hydrogen (secondary N) is 2. The number of H-pyrrole nitrogens is 1. The van der Waals surface area contributed by atoms with E-state index in [-0.39, 0.29) is 0 Å². The summed E-state index contributed by atoms with van der Waals surface area (Å²) in [5, 5.41) is 3.04. The van der Waals surface area contributed by atoms with E-state index in [0.717, 1.165) is 11.4 Å². The molecule has 0 aliphatic heterocycles. The van der Waals surface area contributed by atoms with Crippen molar-refractivity contribution in [3.05, 3.63) is 18.0 Å². The first-order valence-electron chi connectivity index (χ1n) is 3.15. The van der Waals surface area contributed by atoms with Gasteiger partial charge < -0.3 is 10.3 Å². The fourth-order valence-electron chi connectivity index (χ4n) is 0.836. The average Bonchev–Trinajstić information content (AvgIpc) is 2.36. The van der Waals surface area contributed by atoms with Crippen molar-refractivity contribution >= 4 is 11.9 Å². The highest BCUT2D eigenvalue weighted by Gasteiger charge is 1.95. The minimum absolute atomic E-state index is 1.02. The third-order valence-corrected chi connectivity index (χ3v) is 1.31. The first-order chi connectivity index (χ1) is 4.88. The normalized spacial score (nSPS) is 10.6. The van der Waals surface area contributed by atoms with Crippen molar-refractivity contribution in [3.8, 4) is 0 Å². The molecule has 0 unspecified atom stereocenters. The van der Waals surface area contributed by atoms with Crippen LogP contribution in [-0.2, 0) is 0 Å². The molecule has 1 aromatic rings. The number of aromatic nitrogens is 1. The molecule has 3 heteroatoms. The SMILES string of the molecule is CN=Cc1[nH]ccc1NC. The quantitative estimate of drug-likeness (QED) is 0.589. The number of anilines is 1. The fraction of sp³-hybridized carbons (Fsp3) is 0.286. The third-order valence-electron chi connectivity index (χ3n) is 1.31. The molecule has 1 heterocycles. The Morgan fingerprint density at radius 3 is 3.10 bits per heavy atom. The highest BCUT2D eigenvalue weighted by Crippen LogP contribution is 2.08. The lowest BCUT2D eigenvalue weighted by Crippen LogP contribution is -1.90. The Balaban J connectivity index is 2.90. The maximum Gasteiger partial charge on any atom is 0.0797 e. The van der Waals surface area contributed by atoms with Crippen LogP contribution in [0.1, 0.15) is 5.69 Å². The largest absolute Gasteiger partial charge is 0.386 e. The number of hydrogen-bond donors (Lipinski definition) is 2. The van der Waals surface area contributed by atoms with Gasteiger partial charge in [0.2, 0.25) is 0 Å². The van der Waals surface area contributed by atoms with Gasteiger partial charge in [0.25, 0.3) is 0 Å². The van der Waals surface area contributed by atoms with Crippen LogP contribution in [0.25, 0.3) is 0 Å². The lowest BCUT2D eigenvalue weighted by atomic mass is 10.4. The molecule has 0 saturated heterocycles. The Kier molecular flexibility index (Phi) is 2.10. The van der Waals surface area contributed by atoms with Gasteiger partial charge in [-0.15, -0.1) is 0 Å². The summed E-state index contributed by atoms with van der Waals surface area (Å²) < 4.78 is 0. The first kappa shape index (κ1) is 6.86. The molecular formula is C7H11N3. The topological polar surface area (TPSA) is 40.2 Å². The molecule has 0 aliphatic carbocycles. The highest BCUT2D eigenvalue weighted by molar-refractivity contribution is 5.85. The van der Waals surface area contributed by atoms with E-state index in [1.807, 2.05) is 19.3 Å². The second-order valence-corrected chi connectivity index (χ2v) is 1.94. The second-order valence-electron chi connectivity index (χ2n) is 1.94. The van der Waals surface area contributed by atoms with Crippen LogP contribution in [0.2, 0.25) is 0 Å². The van der Waals surface area contributed by atoms with Crippen molar-refractivity contribution in [3.63, 3.8) is 0 Å². The van der Waals surface area contributed by atoms with Gasteiger partial charge in [0.1, 0.15) is 0 Å². The summed E-state index contributed by atoms with van der Waals surface area (Å²) in [7, 11) is 3.64. The average molecular weight is 137 g/mol. The lowest BCUT2D eigenvalue weighted by molar-refractivity contribution is 1.35. The van der Waals surface area contributed by atoms with Crippen molar-refractivity contribution in [1.82, 2.24) is 4.98 Å². The van der Waals surface area contributed by atoms with Crippen LogP contribution < -0.4 is 5.32 Å². The number of nitrogens with zero attached hydrogens (tertiary/aromatic N) is 1. The van der Waals surface area contributed by atoms with E-state index >= 15 is 0 Å². The van der Waals surface area contributed by atoms with Crippen molar-refractivity contribution < 1.29 is 0 Å². The van der Waals surface area contributed by atoms with Crippen molar-refractivity contribution in [1.29, 1.82) is 0 Å². The van der Waals surface area contributed by atoms with Crippen LogP contribution in [0.5, 0.6) is 0 Å². The van der Waals surface area contributed by atoms with Crippen LogP contribution in [-0.4, -0.2) is 25.3 Å². The van der Waals surface area contributed by atoms with Gasteiger partial charge in [-0.25, -0.2) is 0 Å². The molecule has 0 radical (unpaired) electrons. The van der Waals surface area contributed by atoms with E-state index in [1.165, 1.54) is 0 Å². The monoisotopic (exact) mass is 137 g/mol. The summed E-state index contributed by atoms with van der Waals surface area (Å²) in [5.74, 6) is 0. The first-order valence-corrected chi connectivity index (χ1v) is 3.15. The molecule has 0 saturated carbocycles. The van der Waals surface area contributed by atoms with Gasteiger partial charge in [0, 0.05) is 26.5 Å². The van der Waals surface area contributed by atoms with Gasteiger partial charge in [0.05, 0.1) is 11.4 Å². The van der Waals surface area contributed by atoms with Crippen LogP contribution >= 0.6 is 0 Å². The summed E-state index contributed by atoms with van der Waals surface area (Å²) >= 11 is 0. The molecule has 0 aliphatic rings. The van der Waals surface area contributed by atoms with Gasteiger partial charge in [-0.05, 0) is 6.07 Å². The molecule has 0 aromatic carbocycles. The summed E-state index contributed by atoms with van der Waals surface area (Å²) in [6.45, 7) is 0. The minimum Gasteiger partial charge on any atom is -0.386 e. The Bertz CT molecular complexity index is 225. The summed E-state index contributed by atoms with van der Waals surface area (Å²) in [6, 6.07) is 1.97. The van der Waals surface area contributed by atoms with E-state index in [4.69, 9.17) is 0 Å². The zero-order valence-electron chi connectivity index (χ0n) is 6.18.